The number of imidazole rings is 1. The molecule has 0 aliphatic carbocycles. The summed E-state index contributed by atoms with van der Waals surface area (Å²) in [6, 6.07) is 5.96. The maximum absolute atomic E-state index is 6.09. The molecule has 1 aromatic carbocycles. The van der Waals surface area contributed by atoms with E-state index < -0.39 is 0 Å². The van der Waals surface area contributed by atoms with E-state index in [4.69, 9.17) is 28.2 Å². The van der Waals surface area contributed by atoms with E-state index in [2.05, 4.69) is 44.0 Å². The van der Waals surface area contributed by atoms with Crippen LogP contribution in [0.25, 0.3) is 11.0 Å². The molecule has 1 unspecified atom stereocenters. The van der Waals surface area contributed by atoms with Crippen LogP contribution in [0.1, 0.15) is 25.5 Å². The number of benzene rings is 1. The highest BCUT2D eigenvalue weighted by molar-refractivity contribution is 6.42. The Morgan fingerprint density at radius 3 is 2.79 bits per heavy atom. The molecule has 1 fully saturated rings. The van der Waals surface area contributed by atoms with Gasteiger partial charge in [0.25, 0.3) is 0 Å². The predicted molar refractivity (Wildman–Crippen MR) is 120 cm³/mol. The van der Waals surface area contributed by atoms with Gasteiger partial charge >= 0.3 is 0 Å². The van der Waals surface area contributed by atoms with Crippen molar-refractivity contribution < 1.29 is 0 Å². The van der Waals surface area contributed by atoms with Crippen LogP contribution in [0.3, 0.4) is 0 Å². The van der Waals surface area contributed by atoms with Crippen LogP contribution in [-0.2, 0) is 0 Å². The molecule has 0 amide bonds. The van der Waals surface area contributed by atoms with Crippen LogP contribution in [0.5, 0.6) is 0 Å². The van der Waals surface area contributed by atoms with Gasteiger partial charge < -0.3 is 14.8 Å². The summed E-state index contributed by atoms with van der Waals surface area (Å²) in [7, 11) is 2.11. The van der Waals surface area contributed by atoms with Crippen LogP contribution in [0.2, 0.25) is 10.0 Å². The lowest BCUT2D eigenvalue weighted by molar-refractivity contribution is 0.215. The number of hydrogen-bond acceptors (Lipinski definition) is 6. The Balaban J connectivity index is 1.57. The number of H-pyrrole nitrogens is 1. The highest BCUT2D eigenvalue weighted by atomic mass is 35.5. The van der Waals surface area contributed by atoms with Crippen LogP contribution in [0.15, 0.2) is 18.2 Å². The fourth-order valence-corrected chi connectivity index (χ4v) is 4.10. The van der Waals surface area contributed by atoms with Gasteiger partial charge in [0.1, 0.15) is 5.82 Å². The maximum atomic E-state index is 6.09. The van der Waals surface area contributed by atoms with Gasteiger partial charge in [-0.2, -0.15) is 4.98 Å². The first-order valence-electron chi connectivity index (χ1n) is 9.85. The fraction of sp³-hybridized carbons (Fsp3) is 0.450. The molecule has 3 aromatic rings. The molecule has 154 valence electrons. The summed E-state index contributed by atoms with van der Waals surface area (Å²) in [5.74, 6) is 1.96. The average Bonchev–Trinajstić information content (AvgIpc) is 3.08. The number of nitrogens with one attached hydrogen (secondary N) is 2. The summed E-state index contributed by atoms with van der Waals surface area (Å²) in [4.78, 5) is 21.7. The van der Waals surface area contributed by atoms with E-state index in [-0.39, 0.29) is 0 Å². The first kappa shape index (κ1) is 20.2. The van der Waals surface area contributed by atoms with Gasteiger partial charge in [0.05, 0.1) is 21.1 Å². The van der Waals surface area contributed by atoms with Crippen LogP contribution >= 0.6 is 23.2 Å². The number of fused-ring (bicyclic) bond motifs is 1. The molecule has 4 rings (SSSR count). The van der Waals surface area contributed by atoms with Gasteiger partial charge in [-0.1, -0.05) is 30.1 Å². The molecule has 2 aromatic heterocycles. The molecule has 0 bridgehead atoms. The minimum Gasteiger partial charge on any atom is -0.355 e. The number of likely N-dealkylation sites (N-methyl/N-ethyl adjacent to an activating group) is 2. The Hall–Kier alpha value is -2.09. The molecular weight excluding hydrogens is 409 g/mol. The molecule has 0 saturated carbocycles. The van der Waals surface area contributed by atoms with Crippen molar-refractivity contribution in [1.82, 2.24) is 24.8 Å². The number of nitrogens with zero attached hydrogens (tertiary/aromatic N) is 5. The van der Waals surface area contributed by atoms with Crippen molar-refractivity contribution in [2.75, 3.05) is 36.9 Å². The van der Waals surface area contributed by atoms with Gasteiger partial charge in [-0.25, -0.2) is 9.97 Å². The SMILES string of the molecule is CCN1CCCC(N(C)c2cc(C)nc(Nc3nc4cc(Cl)c(Cl)cc4[nH]3)n2)C1. The van der Waals surface area contributed by atoms with Gasteiger partial charge in [0.2, 0.25) is 11.9 Å². The van der Waals surface area contributed by atoms with Crippen molar-refractivity contribution in [3.8, 4) is 0 Å². The van der Waals surface area contributed by atoms with Crippen molar-refractivity contribution in [3.05, 3.63) is 33.9 Å². The molecule has 2 N–H and O–H groups in total. The smallest absolute Gasteiger partial charge is 0.231 e. The molecule has 1 aliphatic rings. The van der Waals surface area contributed by atoms with Gasteiger partial charge in [0, 0.05) is 31.4 Å². The quantitative estimate of drug-likeness (QED) is 0.610. The van der Waals surface area contributed by atoms with Gasteiger partial charge in [-0.15, -0.1) is 0 Å². The first-order chi connectivity index (χ1) is 13.9. The normalized spacial score (nSPS) is 17.6. The van der Waals surface area contributed by atoms with E-state index in [1.807, 2.05) is 13.0 Å². The molecule has 1 saturated heterocycles. The Labute approximate surface area is 180 Å². The molecule has 1 aliphatic heterocycles. The van der Waals surface area contributed by atoms with E-state index in [0.717, 1.165) is 35.6 Å². The highest BCUT2D eigenvalue weighted by Crippen LogP contribution is 2.28. The van der Waals surface area contributed by atoms with E-state index in [1.165, 1.54) is 19.4 Å². The zero-order chi connectivity index (χ0) is 20.5. The molecule has 3 heterocycles. The number of piperidine rings is 1. The summed E-state index contributed by atoms with van der Waals surface area (Å²) in [6.07, 6.45) is 2.38. The summed E-state index contributed by atoms with van der Waals surface area (Å²) in [6.45, 7) is 7.51. The maximum Gasteiger partial charge on any atom is 0.231 e. The molecular formula is C20H25Cl2N7. The Kier molecular flexibility index (Phi) is 5.81. The number of aromatic nitrogens is 4. The number of aromatic amines is 1. The summed E-state index contributed by atoms with van der Waals surface area (Å²) in [5, 5.41) is 4.14. The fourth-order valence-electron chi connectivity index (χ4n) is 3.78. The summed E-state index contributed by atoms with van der Waals surface area (Å²) >= 11 is 12.2. The number of aryl methyl sites for hydroxylation is 1. The predicted octanol–water partition coefficient (Wildman–Crippen LogP) is 4.63. The molecule has 9 heteroatoms. The zero-order valence-electron chi connectivity index (χ0n) is 16.8. The Bertz CT molecular complexity index is 980. The van der Waals surface area contributed by atoms with E-state index in [0.29, 0.717) is 28.0 Å². The third-order valence-corrected chi connectivity index (χ3v) is 6.15. The monoisotopic (exact) mass is 433 g/mol. The lowest BCUT2D eigenvalue weighted by atomic mass is 10.0. The number of halogens is 2. The third-order valence-electron chi connectivity index (χ3n) is 5.43. The van der Waals surface area contributed by atoms with Crippen molar-refractivity contribution in [1.29, 1.82) is 0 Å². The molecule has 29 heavy (non-hydrogen) atoms. The minimum atomic E-state index is 0.446. The third kappa shape index (κ3) is 4.42. The van der Waals surface area contributed by atoms with E-state index in [1.54, 1.807) is 12.1 Å². The zero-order valence-corrected chi connectivity index (χ0v) is 18.3. The second kappa shape index (κ2) is 8.34. The van der Waals surface area contributed by atoms with Crippen LogP contribution in [-0.4, -0.2) is 57.6 Å². The molecule has 7 nitrogen and oxygen atoms in total. The van der Waals surface area contributed by atoms with Crippen molar-refractivity contribution in [2.45, 2.75) is 32.7 Å². The lowest BCUT2D eigenvalue weighted by Crippen LogP contribution is -2.46. The van der Waals surface area contributed by atoms with Crippen LogP contribution < -0.4 is 10.2 Å². The lowest BCUT2D eigenvalue weighted by Gasteiger charge is -2.37. The topological polar surface area (TPSA) is 73.0 Å². The van der Waals surface area contributed by atoms with E-state index in [9.17, 15) is 0 Å². The second-order valence-corrected chi connectivity index (χ2v) is 8.30. The van der Waals surface area contributed by atoms with Crippen molar-refractivity contribution in [2.24, 2.45) is 0 Å². The second-order valence-electron chi connectivity index (χ2n) is 7.49. The van der Waals surface area contributed by atoms with Crippen molar-refractivity contribution in [3.63, 3.8) is 0 Å². The minimum absolute atomic E-state index is 0.446. The number of hydrogen-bond donors (Lipinski definition) is 2. The van der Waals surface area contributed by atoms with Crippen LogP contribution in [0, 0.1) is 6.92 Å². The first-order valence-corrected chi connectivity index (χ1v) is 10.6. The van der Waals surface area contributed by atoms with Gasteiger partial charge in [-0.05, 0) is 45.0 Å². The Morgan fingerprint density at radius 1 is 1.21 bits per heavy atom. The largest absolute Gasteiger partial charge is 0.355 e. The summed E-state index contributed by atoms with van der Waals surface area (Å²) < 4.78 is 0. The van der Waals surface area contributed by atoms with Crippen molar-refractivity contribution >= 4 is 51.9 Å². The average molecular weight is 434 g/mol. The van der Waals surface area contributed by atoms with E-state index >= 15 is 0 Å². The summed E-state index contributed by atoms with van der Waals surface area (Å²) in [5.41, 5.74) is 2.43. The standard InChI is InChI=1S/C20H25Cl2N7/c1-4-29-7-5-6-13(11-29)28(3)18-8-12(2)23-19(26-18)27-20-24-16-9-14(21)15(22)10-17(16)25-20/h8-10,13H,4-7,11H2,1-3H3,(H2,23,24,25,26,27). The van der Waals surface area contributed by atoms with Crippen LogP contribution in [0.4, 0.5) is 17.7 Å². The highest BCUT2D eigenvalue weighted by Gasteiger charge is 2.23. The molecule has 0 radical (unpaired) electrons. The van der Waals surface area contributed by atoms with Gasteiger partial charge in [0.15, 0.2) is 0 Å². The number of likely N-dealkylation sites (tertiary alicyclic amines) is 1. The van der Waals surface area contributed by atoms with Gasteiger partial charge in [-0.3, -0.25) is 5.32 Å². The number of rotatable bonds is 5. The molecule has 0 spiro atoms. The molecule has 1 atom stereocenters. The number of anilines is 3. The Morgan fingerprint density at radius 2 is 2.00 bits per heavy atom.